The van der Waals surface area contributed by atoms with Crippen molar-refractivity contribution in [2.24, 2.45) is 0 Å². The van der Waals surface area contributed by atoms with E-state index in [0.29, 0.717) is 18.5 Å². The SMILES string of the molecule is O=CCCCOc1cccc(OCBr)c1. The normalized spacial score (nSPS) is 9.67. The number of unbranched alkanes of at least 4 members (excludes halogenated alkanes) is 1. The molecule has 0 aliphatic carbocycles. The van der Waals surface area contributed by atoms with Crippen LogP contribution in [0.1, 0.15) is 12.8 Å². The third-order valence-corrected chi connectivity index (χ3v) is 1.99. The van der Waals surface area contributed by atoms with Crippen LogP contribution in [0.4, 0.5) is 0 Å². The molecule has 0 amide bonds. The van der Waals surface area contributed by atoms with Crippen LogP contribution in [0, 0.1) is 0 Å². The molecule has 0 aliphatic heterocycles. The molecular weight excluding hydrogens is 260 g/mol. The quantitative estimate of drug-likeness (QED) is 0.435. The Bertz CT molecular complexity index is 302. The molecule has 1 aromatic carbocycles. The zero-order valence-corrected chi connectivity index (χ0v) is 9.90. The molecular formula is C11H13BrO3. The van der Waals surface area contributed by atoms with Gasteiger partial charge in [-0.25, -0.2) is 0 Å². The molecule has 0 aromatic heterocycles. The summed E-state index contributed by atoms with van der Waals surface area (Å²) in [5, 5.41) is 0. The van der Waals surface area contributed by atoms with Crippen molar-refractivity contribution in [3.05, 3.63) is 24.3 Å². The zero-order valence-electron chi connectivity index (χ0n) is 8.32. The van der Waals surface area contributed by atoms with Crippen LogP contribution in [0.15, 0.2) is 24.3 Å². The lowest BCUT2D eigenvalue weighted by molar-refractivity contribution is -0.108. The van der Waals surface area contributed by atoms with Gasteiger partial charge in [-0.05, 0) is 34.5 Å². The first-order valence-electron chi connectivity index (χ1n) is 4.72. The van der Waals surface area contributed by atoms with Gasteiger partial charge >= 0.3 is 0 Å². The number of carbonyl (C=O) groups is 1. The predicted octanol–water partition coefficient (Wildman–Crippen LogP) is 2.78. The standard InChI is InChI=1S/C11H13BrO3/c12-9-15-11-5-3-4-10(8-11)14-7-2-1-6-13/h3-6,8H,1-2,7,9H2. The van der Waals surface area contributed by atoms with Crippen LogP contribution in [0.25, 0.3) is 0 Å². The fourth-order valence-electron chi connectivity index (χ4n) is 1.07. The van der Waals surface area contributed by atoms with Crippen LogP contribution >= 0.6 is 15.9 Å². The summed E-state index contributed by atoms with van der Waals surface area (Å²) in [6.45, 7) is 0.552. The second-order valence-corrected chi connectivity index (χ2v) is 3.34. The number of hydrogen-bond acceptors (Lipinski definition) is 3. The van der Waals surface area contributed by atoms with Gasteiger partial charge < -0.3 is 14.3 Å². The Labute approximate surface area is 97.5 Å². The third kappa shape index (κ3) is 4.83. The smallest absolute Gasteiger partial charge is 0.143 e. The van der Waals surface area contributed by atoms with E-state index in [4.69, 9.17) is 9.47 Å². The number of benzene rings is 1. The highest BCUT2D eigenvalue weighted by Gasteiger charge is 1.96. The van der Waals surface area contributed by atoms with Gasteiger partial charge in [-0.2, -0.15) is 0 Å². The number of halogens is 1. The molecule has 0 N–H and O–H groups in total. The lowest BCUT2D eigenvalue weighted by atomic mass is 10.3. The van der Waals surface area contributed by atoms with Crippen molar-refractivity contribution >= 4 is 22.2 Å². The molecule has 0 spiro atoms. The lowest BCUT2D eigenvalue weighted by Crippen LogP contribution is -1.98. The van der Waals surface area contributed by atoms with Gasteiger partial charge in [-0.3, -0.25) is 0 Å². The fraction of sp³-hybridized carbons (Fsp3) is 0.364. The summed E-state index contributed by atoms with van der Waals surface area (Å²) in [6.07, 6.45) is 2.18. The minimum atomic E-state index is 0.460. The van der Waals surface area contributed by atoms with Gasteiger partial charge in [0.15, 0.2) is 0 Å². The summed E-state index contributed by atoms with van der Waals surface area (Å²) in [4.78, 5) is 10.1. The molecule has 1 rings (SSSR count). The maximum Gasteiger partial charge on any atom is 0.143 e. The number of rotatable bonds is 7. The number of aldehydes is 1. The van der Waals surface area contributed by atoms with Crippen molar-refractivity contribution in [2.75, 3.05) is 12.1 Å². The van der Waals surface area contributed by atoms with Crippen molar-refractivity contribution in [2.45, 2.75) is 12.8 Å². The van der Waals surface area contributed by atoms with Gasteiger partial charge in [0.05, 0.1) is 6.61 Å². The van der Waals surface area contributed by atoms with Crippen LogP contribution in [-0.2, 0) is 4.79 Å². The topological polar surface area (TPSA) is 35.5 Å². The molecule has 0 aliphatic rings. The zero-order chi connectivity index (χ0) is 10.9. The van der Waals surface area contributed by atoms with Crippen molar-refractivity contribution in [3.63, 3.8) is 0 Å². The van der Waals surface area contributed by atoms with Gasteiger partial charge in [-0.15, -0.1) is 0 Å². The summed E-state index contributed by atoms with van der Waals surface area (Å²) >= 11 is 3.18. The number of carbonyl (C=O) groups excluding carboxylic acids is 1. The molecule has 0 radical (unpaired) electrons. The Morgan fingerprint density at radius 3 is 2.67 bits per heavy atom. The first kappa shape index (κ1) is 12.0. The van der Waals surface area contributed by atoms with Crippen molar-refractivity contribution in [3.8, 4) is 11.5 Å². The van der Waals surface area contributed by atoms with Crippen molar-refractivity contribution < 1.29 is 14.3 Å². The third-order valence-electron chi connectivity index (χ3n) is 1.76. The van der Waals surface area contributed by atoms with E-state index in [1.165, 1.54) is 0 Å². The average Bonchev–Trinajstić information content (AvgIpc) is 2.26. The maximum atomic E-state index is 10.1. The van der Waals surface area contributed by atoms with Crippen LogP contribution < -0.4 is 9.47 Å². The van der Waals surface area contributed by atoms with E-state index in [-0.39, 0.29) is 0 Å². The summed E-state index contributed by atoms with van der Waals surface area (Å²) < 4.78 is 10.7. The molecule has 15 heavy (non-hydrogen) atoms. The van der Waals surface area contributed by atoms with Gasteiger partial charge in [0.25, 0.3) is 0 Å². The second kappa shape index (κ2) is 7.29. The molecule has 82 valence electrons. The van der Waals surface area contributed by atoms with Gasteiger partial charge in [-0.1, -0.05) is 6.07 Å². The van der Waals surface area contributed by atoms with E-state index in [1.54, 1.807) is 0 Å². The Morgan fingerprint density at radius 1 is 1.27 bits per heavy atom. The van der Waals surface area contributed by atoms with Crippen molar-refractivity contribution in [1.29, 1.82) is 0 Å². The minimum absolute atomic E-state index is 0.460. The van der Waals surface area contributed by atoms with E-state index in [0.717, 1.165) is 24.2 Å². The summed E-state index contributed by atoms with van der Waals surface area (Å²) in [5.41, 5.74) is 0.460. The van der Waals surface area contributed by atoms with E-state index in [1.807, 2.05) is 24.3 Å². The van der Waals surface area contributed by atoms with E-state index in [9.17, 15) is 4.79 Å². The number of ether oxygens (including phenoxy) is 2. The highest BCUT2D eigenvalue weighted by molar-refractivity contribution is 9.09. The van der Waals surface area contributed by atoms with E-state index < -0.39 is 0 Å². The summed E-state index contributed by atoms with van der Waals surface area (Å²) in [7, 11) is 0. The first-order chi connectivity index (χ1) is 7.36. The summed E-state index contributed by atoms with van der Waals surface area (Å²) in [6, 6.07) is 7.41. The molecule has 0 heterocycles. The predicted molar refractivity (Wildman–Crippen MR) is 61.7 cm³/mol. The number of hydrogen-bond donors (Lipinski definition) is 0. The highest BCUT2D eigenvalue weighted by atomic mass is 79.9. The van der Waals surface area contributed by atoms with E-state index >= 15 is 0 Å². The minimum Gasteiger partial charge on any atom is -0.493 e. The number of alkyl halides is 1. The Morgan fingerprint density at radius 2 is 2.00 bits per heavy atom. The second-order valence-electron chi connectivity index (χ2n) is 2.89. The fourth-order valence-corrected chi connectivity index (χ4v) is 1.34. The summed E-state index contributed by atoms with van der Waals surface area (Å²) in [5.74, 6) is 1.53. The average molecular weight is 273 g/mol. The molecule has 0 saturated heterocycles. The van der Waals surface area contributed by atoms with Crippen molar-refractivity contribution in [1.82, 2.24) is 0 Å². The molecule has 0 saturated carbocycles. The molecule has 0 atom stereocenters. The van der Waals surface area contributed by atoms with Gasteiger partial charge in [0.2, 0.25) is 0 Å². The monoisotopic (exact) mass is 272 g/mol. The maximum absolute atomic E-state index is 10.1. The largest absolute Gasteiger partial charge is 0.493 e. The van der Waals surface area contributed by atoms with Crippen LogP contribution in [0.3, 0.4) is 0 Å². The molecule has 3 nitrogen and oxygen atoms in total. The Balaban J connectivity index is 2.39. The highest BCUT2D eigenvalue weighted by Crippen LogP contribution is 2.19. The molecule has 0 fully saturated rings. The van der Waals surface area contributed by atoms with Gasteiger partial charge in [0, 0.05) is 12.5 Å². The van der Waals surface area contributed by atoms with Gasteiger partial charge in [0.1, 0.15) is 23.3 Å². The lowest BCUT2D eigenvalue weighted by Gasteiger charge is -2.07. The Kier molecular flexibility index (Phi) is 5.85. The molecule has 1 aromatic rings. The van der Waals surface area contributed by atoms with Crippen LogP contribution in [-0.4, -0.2) is 18.4 Å². The molecule has 0 bridgehead atoms. The molecule has 0 unspecified atom stereocenters. The van der Waals surface area contributed by atoms with E-state index in [2.05, 4.69) is 15.9 Å². The molecule has 4 heteroatoms. The van der Waals surface area contributed by atoms with Crippen LogP contribution in [0.2, 0.25) is 0 Å². The Hall–Kier alpha value is -1.03. The first-order valence-corrected chi connectivity index (χ1v) is 5.84. The van der Waals surface area contributed by atoms with Crippen LogP contribution in [0.5, 0.6) is 11.5 Å².